The van der Waals surface area contributed by atoms with E-state index in [2.05, 4.69) is 17.1 Å². The third kappa shape index (κ3) is 1.03. The summed E-state index contributed by atoms with van der Waals surface area (Å²) in [6.07, 6.45) is 1.87. The molecule has 0 radical (unpaired) electrons. The van der Waals surface area contributed by atoms with Crippen LogP contribution in [-0.2, 0) is 0 Å². The largest absolute Gasteiger partial charge is 0.354 e. The third-order valence-corrected chi connectivity index (χ3v) is 2.89. The van der Waals surface area contributed by atoms with E-state index >= 15 is 0 Å². The molecule has 0 aliphatic heterocycles. The van der Waals surface area contributed by atoms with Gasteiger partial charge in [0.1, 0.15) is 0 Å². The van der Waals surface area contributed by atoms with Gasteiger partial charge in [0.25, 0.3) is 0 Å². The smallest absolute Gasteiger partial charge is 0.218 e. The van der Waals surface area contributed by atoms with Crippen LogP contribution < -0.4 is 10.5 Å². The minimum atomic E-state index is 1.07. The van der Waals surface area contributed by atoms with E-state index in [0.29, 0.717) is 0 Å². The SMILES string of the molecule is Cc1c2c(cc[n+]1N)[nH]c1ccccc12. The van der Waals surface area contributed by atoms with Gasteiger partial charge in [0.15, 0.2) is 0 Å². The van der Waals surface area contributed by atoms with E-state index in [1.807, 2.05) is 31.3 Å². The van der Waals surface area contributed by atoms with Crippen molar-refractivity contribution in [2.24, 2.45) is 0 Å². The van der Waals surface area contributed by atoms with Gasteiger partial charge in [0.2, 0.25) is 11.9 Å². The molecule has 0 fully saturated rings. The van der Waals surface area contributed by atoms with Gasteiger partial charge in [-0.3, -0.25) is 0 Å². The van der Waals surface area contributed by atoms with Crippen molar-refractivity contribution in [3.63, 3.8) is 0 Å². The molecule has 0 aliphatic rings. The number of nitrogens with two attached hydrogens (primary N) is 1. The van der Waals surface area contributed by atoms with E-state index in [1.54, 1.807) is 4.68 Å². The Morgan fingerprint density at radius 3 is 2.80 bits per heavy atom. The Bertz CT molecular complexity index is 652. The van der Waals surface area contributed by atoms with E-state index in [-0.39, 0.29) is 0 Å². The number of H-pyrrole nitrogens is 1. The first-order chi connectivity index (χ1) is 7.27. The molecule has 0 unspecified atom stereocenters. The highest BCUT2D eigenvalue weighted by atomic mass is 15.3. The number of aryl methyl sites for hydroxylation is 1. The minimum Gasteiger partial charge on any atom is -0.354 e. The van der Waals surface area contributed by atoms with Gasteiger partial charge in [-0.2, -0.15) is 0 Å². The van der Waals surface area contributed by atoms with Crippen LogP contribution in [-0.4, -0.2) is 4.98 Å². The first-order valence-corrected chi connectivity index (χ1v) is 4.94. The van der Waals surface area contributed by atoms with E-state index in [0.717, 1.165) is 16.7 Å². The lowest BCUT2D eigenvalue weighted by atomic mass is 10.1. The number of nitrogens with zero attached hydrogens (tertiary/aromatic N) is 1. The quantitative estimate of drug-likeness (QED) is 0.418. The number of hydrogen-bond donors (Lipinski definition) is 2. The fourth-order valence-corrected chi connectivity index (χ4v) is 2.07. The Labute approximate surface area is 87.1 Å². The third-order valence-electron chi connectivity index (χ3n) is 2.89. The molecule has 0 amide bonds. The van der Waals surface area contributed by atoms with Gasteiger partial charge in [-0.05, 0) is 6.07 Å². The molecule has 74 valence electrons. The molecular formula is C12H12N3+. The second-order valence-electron chi connectivity index (χ2n) is 3.77. The second kappa shape index (κ2) is 2.73. The van der Waals surface area contributed by atoms with Crippen molar-refractivity contribution in [2.75, 3.05) is 5.84 Å². The summed E-state index contributed by atoms with van der Waals surface area (Å²) in [4.78, 5) is 3.38. The molecule has 2 aromatic heterocycles. The van der Waals surface area contributed by atoms with Crippen molar-refractivity contribution in [1.82, 2.24) is 4.98 Å². The van der Waals surface area contributed by atoms with E-state index < -0.39 is 0 Å². The normalized spacial score (nSPS) is 11.3. The summed E-state index contributed by atoms with van der Waals surface area (Å²) in [6, 6.07) is 10.3. The lowest BCUT2D eigenvalue weighted by molar-refractivity contribution is -0.643. The number of para-hydroxylation sites is 1. The van der Waals surface area contributed by atoms with Gasteiger partial charge in [-0.25, -0.2) is 5.84 Å². The van der Waals surface area contributed by atoms with Crippen LogP contribution in [0.3, 0.4) is 0 Å². The van der Waals surface area contributed by atoms with Gasteiger partial charge in [-0.15, -0.1) is 0 Å². The Balaban J connectivity index is 2.63. The molecule has 3 heteroatoms. The predicted octanol–water partition coefficient (Wildman–Crippen LogP) is 1.63. The van der Waals surface area contributed by atoms with Crippen molar-refractivity contribution in [2.45, 2.75) is 6.92 Å². The summed E-state index contributed by atoms with van der Waals surface area (Å²) in [5.41, 5.74) is 3.36. The van der Waals surface area contributed by atoms with Gasteiger partial charge in [0.05, 0.1) is 10.9 Å². The van der Waals surface area contributed by atoms with Gasteiger partial charge in [-0.1, -0.05) is 22.9 Å². The zero-order valence-electron chi connectivity index (χ0n) is 8.49. The number of benzene rings is 1. The fourth-order valence-electron chi connectivity index (χ4n) is 2.07. The van der Waals surface area contributed by atoms with Crippen molar-refractivity contribution >= 4 is 21.8 Å². The Hall–Kier alpha value is -2.03. The lowest BCUT2D eigenvalue weighted by Gasteiger charge is -1.94. The van der Waals surface area contributed by atoms with Crippen LogP contribution in [0, 0.1) is 6.92 Å². The topological polar surface area (TPSA) is 45.7 Å². The van der Waals surface area contributed by atoms with Crippen LogP contribution in [0.1, 0.15) is 5.69 Å². The number of hydrogen-bond acceptors (Lipinski definition) is 1. The van der Waals surface area contributed by atoms with Gasteiger partial charge >= 0.3 is 0 Å². The summed E-state index contributed by atoms with van der Waals surface area (Å²) < 4.78 is 1.66. The van der Waals surface area contributed by atoms with Gasteiger partial charge < -0.3 is 4.98 Å². The molecule has 3 nitrogen and oxygen atoms in total. The highest BCUT2D eigenvalue weighted by molar-refractivity contribution is 6.07. The maximum Gasteiger partial charge on any atom is 0.218 e. The van der Waals surface area contributed by atoms with Crippen molar-refractivity contribution in [1.29, 1.82) is 0 Å². The summed E-state index contributed by atoms with van der Waals surface area (Å²) in [7, 11) is 0. The first-order valence-electron chi connectivity index (χ1n) is 4.94. The molecule has 3 rings (SSSR count). The summed E-state index contributed by atoms with van der Waals surface area (Å²) in [5, 5.41) is 2.43. The van der Waals surface area contributed by atoms with Crippen LogP contribution in [0.5, 0.6) is 0 Å². The fraction of sp³-hybridized carbons (Fsp3) is 0.0833. The monoisotopic (exact) mass is 198 g/mol. The molecule has 0 saturated heterocycles. The van der Waals surface area contributed by atoms with Crippen molar-refractivity contribution < 1.29 is 4.68 Å². The molecular weight excluding hydrogens is 186 g/mol. The van der Waals surface area contributed by atoms with Crippen LogP contribution in [0.25, 0.3) is 21.8 Å². The van der Waals surface area contributed by atoms with Gasteiger partial charge in [0, 0.05) is 23.9 Å². The molecule has 3 aromatic rings. The summed E-state index contributed by atoms with van der Waals surface area (Å²) >= 11 is 0. The number of pyridine rings is 1. The molecule has 0 atom stereocenters. The Kier molecular flexibility index (Phi) is 1.51. The molecule has 0 spiro atoms. The average Bonchev–Trinajstić information content (AvgIpc) is 2.62. The highest BCUT2D eigenvalue weighted by Crippen LogP contribution is 2.25. The van der Waals surface area contributed by atoms with Crippen LogP contribution in [0.4, 0.5) is 0 Å². The van der Waals surface area contributed by atoms with Crippen LogP contribution >= 0.6 is 0 Å². The van der Waals surface area contributed by atoms with E-state index in [9.17, 15) is 0 Å². The Morgan fingerprint density at radius 2 is 1.93 bits per heavy atom. The standard InChI is InChI=1S/C12H11N3/c1-8-12-9-4-2-3-5-10(9)14-11(12)6-7-15(8)13/h2-7H,13H2,1H3/p+1. The number of nitrogen functional groups attached to an aromatic ring is 1. The molecule has 0 aliphatic carbocycles. The first kappa shape index (κ1) is 8.29. The maximum absolute atomic E-state index is 5.84. The molecule has 0 bridgehead atoms. The summed E-state index contributed by atoms with van der Waals surface area (Å²) in [5.74, 6) is 5.84. The second-order valence-corrected chi connectivity index (χ2v) is 3.77. The molecule has 3 N–H and O–H groups in total. The predicted molar refractivity (Wildman–Crippen MR) is 60.9 cm³/mol. The number of nitrogens with one attached hydrogen (secondary N) is 1. The number of fused-ring (bicyclic) bond motifs is 3. The highest BCUT2D eigenvalue weighted by Gasteiger charge is 2.13. The average molecular weight is 198 g/mol. The molecule has 15 heavy (non-hydrogen) atoms. The molecule has 2 heterocycles. The van der Waals surface area contributed by atoms with Crippen molar-refractivity contribution in [3.05, 3.63) is 42.2 Å². The minimum absolute atomic E-state index is 1.07. The number of rotatable bonds is 0. The molecule has 0 saturated carbocycles. The zero-order valence-corrected chi connectivity index (χ0v) is 8.49. The zero-order chi connectivity index (χ0) is 10.4. The summed E-state index contributed by atoms with van der Waals surface area (Å²) in [6.45, 7) is 2.03. The Morgan fingerprint density at radius 1 is 1.13 bits per heavy atom. The van der Waals surface area contributed by atoms with Crippen LogP contribution in [0.15, 0.2) is 36.5 Å². The van der Waals surface area contributed by atoms with Crippen molar-refractivity contribution in [3.8, 4) is 0 Å². The number of aromatic nitrogens is 2. The number of aromatic amines is 1. The lowest BCUT2D eigenvalue weighted by Crippen LogP contribution is -2.46. The van der Waals surface area contributed by atoms with E-state index in [1.165, 1.54) is 10.8 Å². The molecule has 1 aromatic carbocycles. The van der Waals surface area contributed by atoms with E-state index in [4.69, 9.17) is 5.84 Å². The van der Waals surface area contributed by atoms with Crippen LogP contribution in [0.2, 0.25) is 0 Å². The maximum atomic E-state index is 5.84.